The Balaban J connectivity index is 0.000000152. The number of sulfone groups is 1. The lowest BCUT2D eigenvalue weighted by molar-refractivity contribution is 0.0425. The number of esters is 8. The molecule has 236 valence electrons. The lowest BCUT2D eigenvalue weighted by Gasteiger charge is -2.06. The van der Waals surface area contributed by atoms with Gasteiger partial charge >= 0.3 is 47.8 Å². The molecule has 0 amide bonds. The van der Waals surface area contributed by atoms with E-state index in [0.717, 1.165) is 24.3 Å². The van der Waals surface area contributed by atoms with Gasteiger partial charge in [0.05, 0.1) is 54.3 Å². The lowest BCUT2D eigenvalue weighted by Crippen LogP contribution is -2.06. The maximum atomic E-state index is 12.7. The fraction of sp³-hybridized carbons (Fsp3) is 0. The SMILES string of the molecule is O=C1OC(=O)c2cc(S(=O)(=O)c3ccc4c(c3)C(=O)OC4=O)ccc21.O=C1OC(=O)c2cc(Sc3ccc4c(c3)C(=O)OC4=O)ccc21. The van der Waals surface area contributed by atoms with Crippen LogP contribution >= 0.6 is 11.8 Å². The summed E-state index contributed by atoms with van der Waals surface area (Å²) in [5, 5.41) is 0. The molecule has 16 heteroatoms. The van der Waals surface area contributed by atoms with Crippen LogP contribution < -0.4 is 0 Å². The third kappa shape index (κ3) is 4.95. The zero-order valence-electron chi connectivity index (χ0n) is 23.5. The highest BCUT2D eigenvalue weighted by Gasteiger charge is 2.35. The molecule has 4 aromatic rings. The molecule has 4 aliphatic heterocycles. The highest BCUT2D eigenvalue weighted by molar-refractivity contribution is 7.99. The number of fused-ring (bicyclic) bond motifs is 4. The second kappa shape index (κ2) is 10.9. The van der Waals surface area contributed by atoms with Gasteiger partial charge in [-0.1, -0.05) is 11.8 Å². The summed E-state index contributed by atoms with van der Waals surface area (Å²) < 4.78 is 43.4. The number of carbonyl (C=O) groups is 8. The normalized spacial score (nSPS) is 15.5. The molecule has 0 unspecified atom stereocenters. The molecule has 14 nitrogen and oxygen atoms in total. The Hall–Kier alpha value is -6.26. The van der Waals surface area contributed by atoms with E-state index in [9.17, 15) is 46.8 Å². The van der Waals surface area contributed by atoms with Crippen molar-refractivity contribution in [1.82, 2.24) is 0 Å². The van der Waals surface area contributed by atoms with Crippen molar-refractivity contribution in [3.8, 4) is 0 Å². The first kappa shape index (κ1) is 30.4. The molecule has 0 bridgehead atoms. The number of hydrogen-bond donors (Lipinski definition) is 0. The standard InChI is InChI=1S/C16H6O8S.C16H6O6S/c17-13-9-3-1-7(5-11(9)15(19)23-13)25(21,22)8-2-4-10-12(6-8)16(20)24-14(10)18;17-13-9-3-1-7(5-11(9)15(19)21-13)23-8-2-4-10-12(6-8)16(20)22-14(10)18/h1-6H;1-6H. The Morgan fingerprint density at radius 1 is 0.354 bits per heavy atom. The molecule has 0 atom stereocenters. The lowest BCUT2D eigenvalue weighted by atomic mass is 10.1. The van der Waals surface area contributed by atoms with Gasteiger partial charge in [0.1, 0.15) is 0 Å². The summed E-state index contributed by atoms with van der Waals surface area (Å²) >= 11 is 1.29. The first-order valence-corrected chi connectivity index (χ1v) is 15.7. The Labute approximate surface area is 271 Å². The number of ether oxygens (including phenoxy) is 4. The molecular formula is C32H12O14S2. The number of hydrogen-bond acceptors (Lipinski definition) is 15. The Morgan fingerprint density at radius 2 is 0.625 bits per heavy atom. The van der Waals surface area contributed by atoms with Gasteiger partial charge in [-0.3, -0.25) is 0 Å². The molecule has 0 aromatic heterocycles. The van der Waals surface area contributed by atoms with Gasteiger partial charge in [0, 0.05) is 9.79 Å². The van der Waals surface area contributed by atoms with E-state index in [0.29, 0.717) is 9.79 Å². The molecule has 48 heavy (non-hydrogen) atoms. The molecule has 4 heterocycles. The fourth-order valence-electron chi connectivity index (χ4n) is 4.99. The van der Waals surface area contributed by atoms with Crippen LogP contribution in [0.1, 0.15) is 82.9 Å². The van der Waals surface area contributed by atoms with E-state index in [1.165, 1.54) is 36.0 Å². The molecule has 0 spiro atoms. The summed E-state index contributed by atoms with van der Waals surface area (Å²) in [4.78, 5) is 92.9. The Bertz CT molecular complexity index is 2230. The van der Waals surface area contributed by atoms with Gasteiger partial charge in [0.15, 0.2) is 0 Å². The molecule has 0 saturated carbocycles. The Morgan fingerprint density at radius 3 is 0.958 bits per heavy atom. The predicted molar refractivity (Wildman–Crippen MR) is 154 cm³/mol. The van der Waals surface area contributed by atoms with Crippen LogP contribution in [-0.4, -0.2) is 56.2 Å². The smallest absolute Gasteiger partial charge is 0.346 e. The molecular weight excluding hydrogens is 672 g/mol. The van der Waals surface area contributed by atoms with E-state index in [1.807, 2.05) is 0 Å². The van der Waals surface area contributed by atoms with Gasteiger partial charge in [-0.05, 0) is 72.8 Å². The van der Waals surface area contributed by atoms with Crippen LogP contribution in [0.4, 0.5) is 0 Å². The van der Waals surface area contributed by atoms with Crippen molar-refractivity contribution in [2.75, 3.05) is 0 Å². The zero-order chi connectivity index (χ0) is 34.1. The van der Waals surface area contributed by atoms with Crippen molar-refractivity contribution in [3.63, 3.8) is 0 Å². The summed E-state index contributed by atoms with van der Waals surface area (Å²) in [6.07, 6.45) is 0. The molecule has 0 N–H and O–H groups in total. The number of rotatable bonds is 4. The third-order valence-corrected chi connectivity index (χ3v) is 10.0. The largest absolute Gasteiger partial charge is 0.386 e. The van der Waals surface area contributed by atoms with E-state index >= 15 is 0 Å². The Kier molecular flexibility index (Phi) is 6.92. The molecule has 4 aliphatic rings. The summed E-state index contributed by atoms with van der Waals surface area (Å²) in [5.41, 5.74) is 0.569. The molecule has 8 rings (SSSR count). The maximum Gasteiger partial charge on any atom is 0.346 e. The van der Waals surface area contributed by atoms with E-state index in [4.69, 9.17) is 0 Å². The molecule has 0 aliphatic carbocycles. The van der Waals surface area contributed by atoms with Crippen molar-refractivity contribution in [2.45, 2.75) is 19.6 Å². The summed E-state index contributed by atoms with van der Waals surface area (Å²) in [6.45, 7) is 0. The quantitative estimate of drug-likeness (QED) is 0.171. The number of benzene rings is 4. The van der Waals surface area contributed by atoms with Crippen LogP contribution in [0.5, 0.6) is 0 Å². The minimum atomic E-state index is -4.10. The van der Waals surface area contributed by atoms with Crippen LogP contribution in [0.25, 0.3) is 0 Å². The van der Waals surface area contributed by atoms with Gasteiger partial charge in [0.25, 0.3) is 0 Å². The average molecular weight is 685 g/mol. The minimum absolute atomic E-state index is 0.0212. The van der Waals surface area contributed by atoms with E-state index in [-0.39, 0.29) is 54.3 Å². The topological polar surface area (TPSA) is 208 Å². The highest BCUT2D eigenvalue weighted by atomic mass is 32.2. The molecule has 0 fully saturated rings. The van der Waals surface area contributed by atoms with Crippen molar-refractivity contribution >= 4 is 69.4 Å². The highest BCUT2D eigenvalue weighted by Crippen LogP contribution is 2.34. The number of carbonyl (C=O) groups excluding carboxylic acids is 8. The van der Waals surface area contributed by atoms with Gasteiger partial charge in [-0.25, -0.2) is 46.8 Å². The summed E-state index contributed by atoms with van der Waals surface area (Å²) in [6, 6.07) is 16.3. The molecule has 0 radical (unpaired) electrons. The monoisotopic (exact) mass is 684 g/mol. The van der Waals surface area contributed by atoms with Gasteiger partial charge in [-0.15, -0.1) is 0 Å². The minimum Gasteiger partial charge on any atom is -0.386 e. The van der Waals surface area contributed by atoms with E-state index < -0.39 is 57.6 Å². The zero-order valence-corrected chi connectivity index (χ0v) is 25.1. The first-order chi connectivity index (χ1) is 22.8. The second-order valence-corrected chi connectivity index (χ2v) is 13.2. The third-order valence-electron chi connectivity index (χ3n) is 7.32. The van der Waals surface area contributed by atoms with Crippen molar-refractivity contribution < 1.29 is 65.7 Å². The summed E-state index contributed by atoms with van der Waals surface area (Å²) in [7, 11) is -4.10. The van der Waals surface area contributed by atoms with Crippen LogP contribution in [0.15, 0.2) is 92.4 Å². The van der Waals surface area contributed by atoms with Crippen LogP contribution in [0.3, 0.4) is 0 Å². The van der Waals surface area contributed by atoms with E-state index in [2.05, 4.69) is 18.9 Å². The van der Waals surface area contributed by atoms with Crippen LogP contribution in [0.2, 0.25) is 0 Å². The molecule has 0 saturated heterocycles. The van der Waals surface area contributed by atoms with Gasteiger partial charge in [-0.2, -0.15) is 0 Å². The van der Waals surface area contributed by atoms with Gasteiger partial charge in [0.2, 0.25) is 9.84 Å². The predicted octanol–water partition coefficient (Wildman–Crippen LogP) is 3.60. The molecule has 4 aromatic carbocycles. The second-order valence-electron chi connectivity index (χ2n) is 10.1. The first-order valence-electron chi connectivity index (χ1n) is 13.4. The van der Waals surface area contributed by atoms with Crippen molar-refractivity contribution in [3.05, 3.63) is 117 Å². The van der Waals surface area contributed by atoms with E-state index in [1.54, 1.807) is 24.3 Å². The fourth-order valence-corrected chi connectivity index (χ4v) is 7.20. The number of cyclic esters (lactones) is 8. The maximum absolute atomic E-state index is 12.7. The average Bonchev–Trinajstić information content (AvgIpc) is 3.72. The van der Waals surface area contributed by atoms with Gasteiger partial charge < -0.3 is 18.9 Å². The summed E-state index contributed by atoms with van der Waals surface area (Å²) in [5.74, 6) is -6.20. The van der Waals surface area contributed by atoms with Crippen molar-refractivity contribution in [2.24, 2.45) is 0 Å². The van der Waals surface area contributed by atoms with Crippen LogP contribution in [0, 0.1) is 0 Å². The van der Waals surface area contributed by atoms with Crippen molar-refractivity contribution in [1.29, 1.82) is 0 Å². The van der Waals surface area contributed by atoms with Crippen LogP contribution in [-0.2, 0) is 28.8 Å².